The van der Waals surface area contributed by atoms with Gasteiger partial charge in [0.25, 0.3) is 0 Å². The number of thioether (sulfide) groups is 1. The van der Waals surface area contributed by atoms with E-state index < -0.39 is 0 Å². The summed E-state index contributed by atoms with van der Waals surface area (Å²) < 4.78 is 0. The summed E-state index contributed by atoms with van der Waals surface area (Å²) in [6.45, 7) is 6.91. The predicted molar refractivity (Wildman–Crippen MR) is 85.9 cm³/mol. The van der Waals surface area contributed by atoms with Gasteiger partial charge in [-0.1, -0.05) is 43.7 Å². The molecule has 2 amide bonds. The highest BCUT2D eigenvalue weighted by Crippen LogP contribution is 2.38. The molecule has 0 spiro atoms. The Kier molecular flexibility index (Phi) is 5.28. The SMILES string of the molecule is Cc1ccc(C2SCC(=O)N2CC(=O)NCC(C)C)cc1. The molecule has 1 saturated heterocycles. The minimum absolute atomic E-state index is 0.0327. The number of nitrogens with zero attached hydrogens (tertiary/aromatic N) is 1. The van der Waals surface area contributed by atoms with Gasteiger partial charge < -0.3 is 10.2 Å². The highest BCUT2D eigenvalue weighted by atomic mass is 32.2. The molecule has 1 aromatic carbocycles. The molecule has 0 bridgehead atoms. The summed E-state index contributed by atoms with van der Waals surface area (Å²) in [5, 5.41) is 2.82. The second-order valence-electron chi connectivity index (χ2n) is 5.79. The second kappa shape index (κ2) is 6.98. The van der Waals surface area contributed by atoms with Crippen LogP contribution in [0.15, 0.2) is 24.3 Å². The van der Waals surface area contributed by atoms with E-state index in [0.717, 1.165) is 5.56 Å². The van der Waals surface area contributed by atoms with Gasteiger partial charge >= 0.3 is 0 Å². The second-order valence-corrected chi connectivity index (χ2v) is 6.86. The number of benzene rings is 1. The molecule has 1 atom stereocenters. The van der Waals surface area contributed by atoms with E-state index in [4.69, 9.17) is 0 Å². The molecule has 5 heteroatoms. The van der Waals surface area contributed by atoms with Gasteiger partial charge in [-0.25, -0.2) is 0 Å². The number of rotatable bonds is 5. The Morgan fingerprint density at radius 2 is 2.05 bits per heavy atom. The van der Waals surface area contributed by atoms with Crippen molar-refractivity contribution in [2.75, 3.05) is 18.8 Å². The molecule has 21 heavy (non-hydrogen) atoms. The first-order valence-electron chi connectivity index (χ1n) is 7.21. The smallest absolute Gasteiger partial charge is 0.239 e. The van der Waals surface area contributed by atoms with Gasteiger partial charge in [0.1, 0.15) is 11.9 Å². The van der Waals surface area contributed by atoms with E-state index in [1.54, 1.807) is 16.7 Å². The van der Waals surface area contributed by atoms with Crippen LogP contribution in [0.5, 0.6) is 0 Å². The van der Waals surface area contributed by atoms with Crippen LogP contribution in [-0.4, -0.2) is 35.6 Å². The Morgan fingerprint density at radius 1 is 1.38 bits per heavy atom. The molecule has 4 nitrogen and oxygen atoms in total. The van der Waals surface area contributed by atoms with Crippen LogP contribution < -0.4 is 5.32 Å². The molecule has 1 unspecified atom stereocenters. The fourth-order valence-electron chi connectivity index (χ4n) is 2.16. The number of hydrogen-bond acceptors (Lipinski definition) is 3. The molecule has 2 rings (SSSR count). The fourth-order valence-corrected chi connectivity index (χ4v) is 3.35. The Labute approximate surface area is 130 Å². The predicted octanol–water partition coefficient (Wildman–Crippen LogP) is 2.34. The van der Waals surface area contributed by atoms with E-state index in [1.165, 1.54) is 5.56 Å². The quantitative estimate of drug-likeness (QED) is 0.908. The molecular formula is C16H22N2O2S. The first-order chi connectivity index (χ1) is 9.97. The largest absolute Gasteiger partial charge is 0.354 e. The number of carbonyl (C=O) groups is 2. The summed E-state index contributed by atoms with van der Waals surface area (Å²) in [6, 6.07) is 8.14. The summed E-state index contributed by atoms with van der Waals surface area (Å²) >= 11 is 1.58. The van der Waals surface area contributed by atoms with E-state index in [2.05, 4.69) is 5.32 Å². The third kappa shape index (κ3) is 4.24. The maximum atomic E-state index is 12.0. The molecule has 114 valence electrons. The molecule has 1 N–H and O–H groups in total. The van der Waals surface area contributed by atoms with Gasteiger partial charge in [0, 0.05) is 6.54 Å². The van der Waals surface area contributed by atoms with Crippen LogP contribution in [-0.2, 0) is 9.59 Å². The number of amides is 2. The lowest BCUT2D eigenvalue weighted by Gasteiger charge is -2.24. The van der Waals surface area contributed by atoms with Crippen molar-refractivity contribution < 1.29 is 9.59 Å². The van der Waals surface area contributed by atoms with Gasteiger partial charge in [-0.15, -0.1) is 11.8 Å². The lowest BCUT2D eigenvalue weighted by molar-refractivity contribution is -0.133. The Morgan fingerprint density at radius 3 is 2.67 bits per heavy atom. The zero-order valence-electron chi connectivity index (χ0n) is 12.8. The zero-order chi connectivity index (χ0) is 15.4. The minimum atomic E-state index is -0.0864. The van der Waals surface area contributed by atoms with Crippen molar-refractivity contribution in [1.29, 1.82) is 0 Å². The van der Waals surface area contributed by atoms with E-state index >= 15 is 0 Å². The van der Waals surface area contributed by atoms with Crippen LogP contribution >= 0.6 is 11.8 Å². The molecule has 0 radical (unpaired) electrons. The highest BCUT2D eigenvalue weighted by molar-refractivity contribution is 8.00. The third-order valence-electron chi connectivity index (χ3n) is 3.35. The number of nitrogens with one attached hydrogen (secondary N) is 1. The number of aryl methyl sites for hydroxylation is 1. The summed E-state index contributed by atoms with van der Waals surface area (Å²) in [4.78, 5) is 25.7. The van der Waals surface area contributed by atoms with Gasteiger partial charge in [-0.05, 0) is 18.4 Å². The molecule has 1 aromatic rings. The summed E-state index contributed by atoms with van der Waals surface area (Å²) in [6.07, 6.45) is 0. The van der Waals surface area contributed by atoms with E-state index in [1.807, 2.05) is 45.0 Å². The van der Waals surface area contributed by atoms with E-state index in [-0.39, 0.29) is 23.7 Å². The van der Waals surface area contributed by atoms with Gasteiger partial charge in [-0.3, -0.25) is 9.59 Å². The van der Waals surface area contributed by atoms with Gasteiger partial charge in [-0.2, -0.15) is 0 Å². The lowest BCUT2D eigenvalue weighted by atomic mass is 10.1. The van der Waals surface area contributed by atoms with Crippen molar-refractivity contribution >= 4 is 23.6 Å². The van der Waals surface area contributed by atoms with Gasteiger partial charge in [0.05, 0.1) is 5.75 Å². The van der Waals surface area contributed by atoms with E-state index in [0.29, 0.717) is 18.2 Å². The van der Waals surface area contributed by atoms with Crippen LogP contribution in [0.25, 0.3) is 0 Å². The van der Waals surface area contributed by atoms with Crippen molar-refractivity contribution in [2.24, 2.45) is 5.92 Å². The van der Waals surface area contributed by atoms with E-state index in [9.17, 15) is 9.59 Å². The molecule has 0 saturated carbocycles. The molecule has 0 aliphatic carbocycles. The molecule has 1 aliphatic rings. The van der Waals surface area contributed by atoms with Crippen LogP contribution in [0, 0.1) is 12.8 Å². The monoisotopic (exact) mass is 306 g/mol. The van der Waals surface area contributed by atoms with Crippen LogP contribution in [0.1, 0.15) is 30.3 Å². The maximum absolute atomic E-state index is 12.0. The van der Waals surface area contributed by atoms with Crippen LogP contribution in [0.2, 0.25) is 0 Å². The molecular weight excluding hydrogens is 284 g/mol. The molecule has 1 heterocycles. The maximum Gasteiger partial charge on any atom is 0.239 e. The Balaban J connectivity index is 2.03. The first-order valence-corrected chi connectivity index (χ1v) is 8.26. The van der Waals surface area contributed by atoms with Crippen molar-refractivity contribution in [1.82, 2.24) is 10.2 Å². The van der Waals surface area contributed by atoms with Crippen molar-refractivity contribution in [3.8, 4) is 0 Å². The Hall–Kier alpha value is -1.49. The lowest BCUT2D eigenvalue weighted by Crippen LogP contribution is -2.40. The van der Waals surface area contributed by atoms with Crippen molar-refractivity contribution in [2.45, 2.75) is 26.1 Å². The minimum Gasteiger partial charge on any atom is -0.354 e. The van der Waals surface area contributed by atoms with Gasteiger partial charge in [0.2, 0.25) is 11.8 Å². The normalized spacial score (nSPS) is 18.4. The summed E-state index contributed by atoms with van der Waals surface area (Å²) in [5.74, 6) is 0.795. The van der Waals surface area contributed by atoms with Crippen LogP contribution in [0.4, 0.5) is 0 Å². The standard InChI is InChI=1S/C16H22N2O2S/c1-11(2)8-17-14(19)9-18-15(20)10-21-16(18)13-6-4-12(3)5-7-13/h4-7,11,16H,8-10H2,1-3H3,(H,17,19). The molecule has 0 aromatic heterocycles. The van der Waals surface area contributed by atoms with Crippen molar-refractivity contribution in [3.63, 3.8) is 0 Å². The van der Waals surface area contributed by atoms with Gasteiger partial charge in [0.15, 0.2) is 0 Å². The summed E-state index contributed by atoms with van der Waals surface area (Å²) in [7, 11) is 0. The highest BCUT2D eigenvalue weighted by Gasteiger charge is 2.33. The van der Waals surface area contributed by atoms with Crippen molar-refractivity contribution in [3.05, 3.63) is 35.4 Å². The summed E-state index contributed by atoms with van der Waals surface area (Å²) in [5.41, 5.74) is 2.27. The first kappa shape index (κ1) is 15.9. The average Bonchev–Trinajstić information content (AvgIpc) is 2.79. The average molecular weight is 306 g/mol. The number of carbonyl (C=O) groups excluding carboxylic acids is 2. The topological polar surface area (TPSA) is 49.4 Å². The molecule has 1 aliphatic heterocycles. The third-order valence-corrected chi connectivity index (χ3v) is 4.61. The molecule has 1 fully saturated rings. The zero-order valence-corrected chi connectivity index (χ0v) is 13.6. The Bertz CT molecular complexity index is 514. The number of hydrogen-bond donors (Lipinski definition) is 1. The fraction of sp³-hybridized carbons (Fsp3) is 0.500. The van der Waals surface area contributed by atoms with Crippen LogP contribution in [0.3, 0.4) is 0 Å².